The molecule has 2 saturated heterocycles. The van der Waals surface area contributed by atoms with Crippen molar-refractivity contribution in [1.82, 2.24) is 10.3 Å². The zero-order valence-electron chi connectivity index (χ0n) is 10.2. The number of ether oxygens (including phenoxy) is 1. The van der Waals surface area contributed by atoms with E-state index < -0.39 is 5.91 Å². The number of benzene rings is 1. The number of aromatic nitrogens is 1. The molecule has 2 aliphatic rings. The van der Waals surface area contributed by atoms with Gasteiger partial charge in [-0.25, -0.2) is 4.98 Å². The molecule has 2 fully saturated rings. The Balaban J connectivity index is 1.89. The monoisotopic (exact) mass is 259 g/mol. The van der Waals surface area contributed by atoms with Gasteiger partial charge in [-0.1, -0.05) is 6.07 Å². The van der Waals surface area contributed by atoms with Crippen LogP contribution in [0.2, 0.25) is 0 Å². The van der Waals surface area contributed by atoms with Crippen LogP contribution in [0.5, 0.6) is 0 Å². The number of rotatable bonds is 2. The van der Waals surface area contributed by atoms with Crippen molar-refractivity contribution in [2.75, 3.05) is 13.2 Å². The smallest absolute Gasteiger partial charge is 0.251 e. The van der Waals surface area contributed by atoms with Crippen LogP contribution in [-0.4, -0.2) is 30.1 Å². The second-order valence-electron chi connectivity index (χ2n) is 5.14. The number of primary amides is 1. The molecule has 19 heavy (non-hydrogen) atoms. The number of carbonyl (C=O) groups excluding carboxylic acids is 1. The van der Waals surface area contributed by atoms with Gasteiger partial charge in [0, 0.05) is 13.0 Å². The average Bonchev–Trinajstić information content (AvgIpc) is 3.11. The molecule has 3 heterocycles. The van der Waals surface area contributed by atoms with E-state index in [1.165, 1.54) is 0 Å². The molecule has 1 aromatic heterocycles. The minimum atomic E-state index is -0.497. The Kier molecular flexibility index (Phi) is 2.05. The van der Waals surface area contributed by atoms with Gasteiger partial charge in [-0.05, 0) is 12.1 Å². The maximum absolute atomic E-state index is 11.4. The van der Waals surface area contributed by atoms with Gasteiger partial charge in [0.25, 0.3) is 5.91 Å². The first kappa shape index (κ1) is 11.0. The Hall–Kier alpha value is -1.92. The van der Waals surface area contributed by atoms with E-state index in [1.54, 1.807) is 18.2 Å². The summed E-state index contributed by atoms with van der Waals surface area (Å²) in [5.41, 5.74) is 6.50. The van der Waals surface area contributed by atoms with Crippen LogP contribution in [0.4, 0.5) is 0 Å². The normalized spacial score (nSPS) is 29.2. The highest BCUT2D eigenvalue weighted by molar-refractivity contribution is 6.03. The van der Waals surface area contributed by atoms with Gasteiger partial charge in [-0.15, -0.1) is 0 Å². The van der Waals surface area contributed by atoms with Crippen molar-refractivity contribution in [3.8, 4) is 0 Å². The highest BCUT2D eigenvalue weighted by Gasteiger charge is 2.50. The summed E-state index contributed by atoms with van der Waals surface area (Å²) in [5.74, 6) is 0.0825. The number of nitrogens with two attached hydrogens (primary N) is 1. The quantitative estimate of drug-likeness (QED) is 0.820. The number of nitrogens with zero attached hydrogens (tertiary/aromatic N) is 1. The predicted molar refractivity (Wildman–Crippen MR) is 66.6 cm³/mol. The van der Waals surface area contributed by atoms with Gasteiger partial charge in [0.2, 0.25) is 5.89 Å². The van der Waals surface area contributed by atoms with Crippen LogP contribution in [0.3, 0.4) is 0 Å². The minimum absolute atomic E-state index is 0.227. The molecule has 2 atom stereocenters. The first-order valence-electron chi connectivity index (χ1n) is 6.24. The van der Waals surface area contributed by atoms with E-state index in [-0.39, 0.29) is 11.6 Å². The fourth-order valence-electron chi connectivity index (χ4n) is 2.91. The van der Waals surface area contributed by atoms with Gasteiger partial charge in [0.05, 0.1) is 18.3 Å². The summed E-state index contributed by atoms with van der Waals surface area (Å²) < 4.78 is 11.4. The fraction of sp³-hybridized carbons (Fsp3) is 0.385. The van der Waals surface area contributed by atoms with E-state index >= 15 is 0 Å². The highest BCUT2D eigenvalue weighted by Crippen LogP contribution is 2.39. The third kappa shape index (κ3) is 1.44. The van der Waals surface area contributed by atoms with Gasteiger partial charge in [-0.2, -0.15) is 0 Å². The van der Waals surface area contributed by atoms with Crippen molar-refractivity contribution in [2.45, 2.75) is 18.1 Å². The molecule has 0 saturated carbocycles. The summed E-state index contributed by atoms with van der Waals surface area (Å²) in [7, 11) is 0. The van der Waals surface area contributed by atoms with Crippen molar-refractivity contribution >= 4 is 17.0 Å². The van der Waals surface area contributed by atoms with Crippen molar-refractivity contribution in [3.05, 3.63) is 29.7 Å². The second kappa shape index (κ2) is 3.55. The van der Waals surface area contributed by atoms with Crippen LogP contribution in [0.25, 0.3) is 11.1 Å². The Morgan fingerprint density at radius 2 is 2.42 bits per heavy atom. The van der Waals surface area contributed by atoms with Crippen LogP contribution >= 0.6 is 0 Å². The van der Waals surface area contributed by atoms with Crippen molar-refractivity contribution in [2.24, 2.45) is 5.73 Å². The van der Waals surface area contributed by atoms with Gasteiger partial charge < -0.3 is 14.9 Å². The Bertz CT molecular complexity index is 671. The number of carbonyl (C=O) groups is 1. The lowest BCUT2D eigenvalue weighted by Gasteiger charge is -2.22. The number of hydrogen-bond acceptors (Lipinski definition) is 5. The number of amides is 1. The lowest BCUT2D eigenvalue weighted by Crippen LogP contribution is -2.42. The van der Waals surface area contributed by atoms with Crippen LogP contribution < -0.4 is 11.1 Å². The molecule has 2 aromatic rings. The zero-order chi connectivity index (χ0) is 13.0. The van der Waals surface area contributed by atoms with Crippen LogP contribution in [-0.2, 0) is 10.3 Å². The molecule has 1 aromatic carbocycles. The number of fused-ring (bicyclic) bond motifs is 3. The summed E-state index contributed by atoms with van der Waals surface area (Å²) >= 11 is 0. The third-order valence-electron chi connectivity index (χ3n) is 3.90. The molecule has 3 N–H and O–H groups in total. The summed E-state index contributed by atoms with van der Waals surface area (Å²) in [5, 5.41) is 3.40. The molecule has 1 amide bonds. The molecular formula is C13H13N3O3. The molecule has 2 bridgehead atoms. The Morgan fingerprint density at radius 3 is 3.05 bits per heavy atom. The minimum Gasteiger partial charge on any atom is -0.439 e. The van der Waals surface area contributed by atoms with E-state index in [0.29, 0.717) is 29.2 Å². The average molecular weight is 259 g/mol. The van der Waals surface area contributed by atoms with E-state index in [1.807, 2.05) is 0 Å². The molecule has 6 nitrogen and oxygen atoms in total. The van der Waals surface area contributed by atoms with Crippen LogP contribution in [0, 0.1) is 0 Å². The standard InChI is InChI=1S/C13H13N3O3/c14-11(17)8-2-1-3-9-10(8)16-12(19-9)13-4-7(5-15-13)18-6-13/h1-3,7,15H,4-6H2,(H2,14,17). The molecule has 98 valence electrons. The van der Waals surface area contributed by atoms with Gasteiger partial charge in [0.1, 0.15) is 11.1 Å². The highest BCUT2D eigenvalue weighted by atomic mass is 16.5. The number of morpholine rings is 1. The number of para-hydroxylation sites is 1. The number of nitrogens with one attached hydrogen (secondary N) is 1. The number of hydrogen-bond donors (Lipinski definition) is 2. The molecule has 0 radical (unpaired) electrons. The molecular weight excluding hydrogens is 246 g/mol. The molecule has 0 aliphatic carbocycles. The molecule has 2 aliphatic heterocycles. The van der Waals surface area contributed by atoms with Gasteiger partial charge in [-0.3, -0.25) is 10.1 Å². The van der Waals surface area contributed by atoms with Crippen LogP contribution in [0.1, 0.15) is 22.7 Å². The Morgan fingerprint density at radius 1 is 1.53 bits per heavy atom. The maximum Gasteiger partial charge on any atom is 0.251 e. The van der Waals surface area contributed by atoms with Crippen molar-refractivity contribution in [1.29, 1.82) is 0 Å². The van der Waals surface area contributed by atoms with Crippen molar-refractivity contribution < 1.29 is 13.9 Å². The number of oxazole rings is 1. The third-order valence-corrected chi connectivity index (χ3v) is 3.90. The topological polar surface area (TPSA) is 90.4 Å². The summed E-state index contributed by atoms with van der Waals surface area (Å²) in [6.07, 6.45) is 1.08. The second-order valence-corrected chi connectivity index (χ2v) is 5.14. The first-order valence-corrected chi connectivity index (χ1v) is 6.24. The van der Waals surface area contributed by atoms with E-state index in [4.69, 9.17) is 14.9 Å². The Labute approximate surface area is 108 Å². The van der Waals surface area contributed by atoms with E-state index in [9.17, 15) is 4.79 Å². The van der Waals surface area contributed by atoms with Gasteiger partial charge >= 0.3 is 0 Å². The predicted octanol–water partition coefficient (Wildman–Crippen LogP) is 0.514. The first-order chi connectivity index (χ1) is 9.18. The summed E-state index contributed by atoms with van der Waals surface area (Å²) in [6.45, 7) is 1.36. The SMILES string of the molecule is NC(=O)c1cccc2oc(C34COC(CN3)C4)nc12. The lowest BCUT2D eigenvalue weighted by molar-refractivity contribution is 0.0633. The lowest BCUT2D eigenvalue weighted by atomic mass is 10.0. The summed E-state index contributed by atoms with van der Waals surface area (Å²) in [6, 6.07) is 5.19. The fourth-order valence-corrected chi connectivity index (χ4v) is 2.91. The zero-order valence-corrected chi connectivity index (χ0v) is 10.2. The summed E-state index contributed by atoms with van der Waals surface area (Å²) in [4.78, 5) is 15.9. The van der Waals surface area contributed by atoms with E-state index in [2.05, 4.69) is 10.3 Å². The molecule has 2 unspecified atom stereocenters. The maximum atomic E-state index is 11.4. The van der Waals surface area contributed by atoms with Crippen molar-refractivity contribution in [3.63, 3.8) is 0 Å². The van der Waals surface area contributed by atoms with Gasteiger partial charge in [0.15, 0.2) is 5.58 Å². The molecule has 0 spiro atoms. The molecule has 6 heteroatoms. The molecule has 4 rings (SSSR count). The van der Waals surface area contributed by atoms with E-state index in [0.717, 1.165) is 13.0 Å². The van der Waals surface area contributed by atoms with Crippen LogP contribution in [0.15, 0.2) is 22.6 Å². The largest absolute Gasteiger partial charge is 0.439 e.